The van der Waals surface area contributed by atoms with Crippen LogP contribution in [0.1, 0.15) is 149 Å². The highest BCUT2D eigenvalue weighted by Gasteiger charge is 2.24. The number of anilines is 2. The molecule has 0 amide bonds. The van der Waals surface area contributed by atoms with Gasteiger partial charge in [0.25, 0.3) is 0 Å². The van der Waals surface area contributed by atoms with E-state index in [9.17, 15) is 43.3 Å². The van der Waals surface area contributed by atoms with E-state index in [1.54, 1.807) is 12.1 Å². The number of aryl methyl sites for hydroxylation is 3. The molecule has 5 atom stereocenters. The van der Waals surface area contributed by atoms with Crippen molar-refractivity contribution in [3.05, 3.63) is 48.0 Å². The zero-order valence-corrected chi connectivity index (χ0v) is 77.2. The van der Waals surface area contributed by atoms with E-state index in [-0.39, 0.29) is 147 Å². The molecule has 0 bridgehead atoms. The molecule has 4 aromatic heterocycles. The molecule has 0 aliphatic carbocycles. The largest absolute Gasteiger partial charge is 0.491 e. The fourth-order valence-electron chi connectivity index (χ4n) is 10.9. The van der Waals surface area contributed by atoms with Gasteiger partial charge in [-0.05, 0) is 57.5 Å². The summed E-state index contributed by atoms with van der Waals surface area (Å²) in [6, 6.07) is 11.1. The lowest BCUT2D eigenvalue weighted by Crippen LogP contribution is -2.29. The van der Waals surface area contributed by atoms with Gasteiger partial charge in [0.2, 0.25) is 0 Å². The molecule has 2 unspecified atom stereocenters. The van der Waals surface area contributed by atoms with Gasteiger partial charge in [-0.25, -0.2) is 29.6 Å². The quantitative estimate of drug-likeness (QED) is 0.00580. The fraction of sp³-hybridized carbons (Fsp3) is 0.694. The number of nitrogens with one attached hydrogen (secondary N) is 2. The van der Waals surface area contributed by atoms with E-state index in [4.69, 9.17) is 130 Å². The van der Waals surface area contributed by atoms with E-state index in [1.165, 1.54) is 41.5 Å². The summed E-state index contributed by atoms with van der Waals surface area (Å²) in [5.41, 5.74) is 17.1. The standard InChI is InChI=1S/C31H47N4O13P.C19H26N4O2.C17H35N2O9P.C13H24O8.C2H6.3CH4/c1-4-5-6-28-34-29-30(35(28)9-10-36)26-8-7-24(19-27(26)33-31(29)32)44-16-18-47-49(39,40)46-17-15-42-12-11-41-13-14-43-20-25(48-23(3)38)21-45-22(2)37;1-3-5-6-16-22-17-18(23(16)9-4-2)14-8-7-13(25-11-10-24)12-15(14)21-19(17)20;1-5-22-14-19-29(18-4)27-11-10-24-7-6-23-8-9-25-12-17(28-16(3)21)13-26-15(2)20;1-11(15)20-10-13(21-12(2)16)9-19-8-7-18-6-5-17-4-3-14;1-2;;;/h7-8,19,25,36H,4-6,9-18,20-21H2,1-3H3,(H2,32,33)(H,39,40);7-8,12,24H,3-6,9-11H2,1-2H3,(H2,20,21);17-19H,5-14H2,1-4H3;13-14H,3-10H2,1-2H3;1-2H3;3*1H4/t25-;;17-,29?;13-;;;;/m0.00..../s1. The van der Waals surface area contributed by atoms with Crippen molar-refractivity contribution in [2.45, 2.75) is 182 Å². The molecule has 6 rings (SSSR count). The molecule has 10 N–H and O–H groups in total. The van der Waals surface area contributed by atoms with Crippen LogP contribution in [0.15, 0.2) is 36.4 Å². The maximum atomic E-state index is 12.2. The fourth-order valence-corrected chi connectivity index (χ4v) is 12.5. The third kappa shape index (κ3) is 55.3. The number of pyridine rings is 2. The number of phosphoric ester groups is 1. The Hall–Kier alpha value is -7.88. The van der Waals surface area contributed by atoms with E-state index in [2.05, 4.69) is 45.5 Å². The molecular formula is C85H150N10O32P2. The number of rotatable bonds is 66. The van der Waals surface area contributed by atoms with E-state index < -0.39 is 70.4 Å². The zero-order chi connectivity index (χ0) is 93.1. The van der Waals surface area contributed by atoms with Crippen molar-refractivity contribution in [1.29, 1.82) is 0 Å². The SMILES string of the molecule is C.C.C.CC.CC(=O)OC[C@H](COCCOCCOCCO)OC(C)=O.CCCCc1nc2c(N)nc3cc(OCCO)ccc3c2n1CCC.CCCCc1nc2c(N)nc3cc(OCCOP(=O)(O)OCCOCCOCCOC[C@@H](COC(C)=O)OC(C)=O)ccc3c2n1CCO.CCOCNP(NC)OCCOCCOCCOC[C@@H](COC(C)=O)OC(C)=O. The minimum Gasteiger partial charge on any atom is -0.491 e. The first-order valence-electron chi connectivity index (χ1n) is 42.2. The number of ether oxygens (including phenoxy) is 18. The number of nitrogens with two attached hydrogens (primary N) is 2. The minimum absolute atomic E-state index is 0. The predicted molar refractivity (Wildman–Crippen MR) is 487 cm³/mol. The summed E-state index contributed by atoms with van der Waals surface area (Å²) in [5, 5.41) is 35.0. The van der Waals surface area contributed by atoms with Crippen LogP contribution < -0.4 is 31.1 Å². The van der Waals surface area contributed by atoms with Gasteiger partial charge >= 0.3 is 43.6 Å². The number of carbonyl (C=O) groups is 6. The van der Waals surface area contributed by atoms with E-state index in [0.29, 0.717) is 121 Å². The molecule has 129 heavy (non-hydrogen) atoms. The second-order valence-electron chi connectivity index (χ2n) is 26.5. The second kappa shape index (κ2) is 76.7. The highest BCUT2D eigenvalue weighted by Crippen LogP contribution is 2.43. The molecule has 4 heterocycles. The van der Waals surface area contributed by atoms with Crippen LogP contribution in [0.3, 0.4) is 0 Å². The average molecular weight is 1890 g/mol. The van der Waals surface area contributed by atoms with Crippen molar-refractivity contribution in [3.63, 3.8) is 0 Å². The van der Waals surface area contributed by atoms with Crippen LogP contribution in [0.25, 0.3) is 43.9 Å². The lowest BCUT2D eigenvalue weighted by molar-refractivity contribution is -0.160. The van der Waals surface area contributed by atoms with Gasteiger partial charge in [-0.15, -0.1) is 0 Å². The molecule has 0 saturated carbocycles. The van der Waals surface area contributed by atoms with Crippen LogP contribution in [0.2, 0.25) is 0 Å². The van der Waals surface area contributed by atoms with Crippen molar-refractivity contribution in [2.75, 3.05) is 223 Å². The molecule has 2 aromatic carbocycles. The Kier molecular flexibility index (Phi) is 73.2. The first-order valence-corrected chi connectivity index (χ1v) is 44.9. The van der Waals surface area contributed by atoms with Crippen molar-refractivity contribution >= 4 is 108 Å². The van der Waals surface area contributed by atoms with Crippen LogP contribution in [-0.2, 0) is 149 Å². The first-order chi connectivity index (χ1) is 60.8. The highest BCUT2D eigenvalue weighted by molar-refractivity contribution is 7.48. The summed E-state index contributed by atoms with van der Waals surface area (Å²) in [7, 11) is -3.46. The number of nitrogens with zero attached hydrogens (tertiary/aromatic N) is 6. The number of esters is 6. The number of aliphatic hydroxyl groups excluding tert-OH is 3. The maximum absolute atomic E-state index is 12.2. The summed E-state index contributed by atoms with van der Waals surface area (Å²) >= 11 is 0. The molecule has 0 saturated heterocycles. The van der Waals surface area contributed by atoms with Gasteiger partial charge in [0.05, 0.1) is 181 Å². The lowest BCUT2D eigenvalue weighted by atomic mass is 10.1. The number of imidazole rings is 2. The van der Waals surface area contributed by atoms with Gasteiger partial charge in [0.15, 0.2) is 38.4 Å². The molecule has 0 fully saturated rings. The number of benzene rings is 2. The molecule has 0 aliphatic heterocycles. The van der Waals surface area contributed by atoms with E-state index >= 15 is 0 Å². The van der Waals surface area contributed by atoms with Crippen LogP contribution >= 0.6 is 16.3 Å². The molecule has 0 spiro atoms. The number of hydrogen-bond acceptors (Lipinski definition) is 39. The number of aliphatic hydroxyl groups is 3. The molecule has 742 valence electrons. The number of phosphoric acid groups is 1. The normalized spacial score (nSPS) is 12.3. The molecule has 0 aliphatic rings. The zero-order valence-electron chi connectivity index (χ0n) is 75.4. The molecule has 6 aromatic rings. The van der Waals surface area contributed by atoms with Crippen molar-refractivity contribution in [3.8, 4) is 11.5 Å². The van der Waals surface area contributed by atoms with Gasteiger partial charge in [-0.2, -0.15) is 0 Å². The number of fused-ring (bicyclic) bond motifs is 6. The van der Waals surface area contributed by atoms with Gasteiger partial charge in [0, 0.05) is 97.0 Å². The molecule has 0 radical (unpaired) electrons. The highest BCUT2D eigenvalue weighted by atomic mass is 31.2. The van der Waals surface area contributed by atoms with E-state index in [0.717, 1.165) is 96.0 Å². The number of nitrogen functional groups attached to an aromatic ring is 2. The van der Waals surface area contributed by atoms with Crippen LogP contribution in [0.4, 0.5) is 11.6 Å². The summed E-state index contributed by atoms with van der Waals surface area (Å²) in [6.07, 6.45) is 4.98. The smallest absolute Gasteiger partial charge is 0.472 e. The lowest BCUT2D eigenvalue weighted by Gasteiger charge is -2.17. The number of hydrogen-bond donors (Lipinski definition) is 8. The monoisotopic (exact) mass is 1880 g/mol. The Labute approximate surface area is 760 Å². The van der Waals surface area contributed by atoms with Crippen LogP contribution in [0.5, 0.6) is 11.5 Å². The van der Waals surface area contributed by atoms with Gasteiger partial charge in [-0.3, -0.25) is 42.9 Å². The summed E-state index contributed by atoms with van der Waals surface area (Å²) in [5.74, 6) is 0.987. The third-order valence-corrected chi connectivity index (χ3v) is 18.5. The Morgan fingerprint density at radius 3 is 1.15 bits per heavy atom. The summed E-state index contributed by atoms with van der Waals surface area (Å²) in [4.78, 5) is 94.0. The number of aromatic nitrogens is 6. The molecular weight excluding hydrogens is 1730 g/mol. The Bertz CT molecular complexity index is 4020. The van der Waals surface area contributed by atoms with E-state index in [1.807, 2.05) is 56.7 Å². The van der Waals surface area contributed by atoms with Crippen molar-refractivity contribution in [1.82, 2.24) is 39.2 Å². The Morgan fingerprint density at radius 2 is 0.798 bits per heavy atom. The second-order valence-corrected chi connectivity index (χ2v) is 29.5. The van der Waals surface area contributed by atoms with Gasteiger partial charge in [0.1, 0.15) is 73.9 Å². The summed E-state index contributed by atoms with van der Waals surface area (Å²) < 4.78 is 126. The van der Waals surface area contributed by atoms with Gasteiger partial charge < -0.3 is 131 Å². The minimum atomic E-state index is -4.33. The molecule has 42 nitrogen and oxygen atoms in total. The third-order valence-electron chi connectivity index (χ3n) is 16.2. The van der Waals surface area contributed by atoms with Gasteiger partial charge in [-0.1, -0.05) is 69.7 Å². The average Bonchev–Trinajstić information content (AvgIpc) is 1.62. The Balaban J connectivity index is 0. The molecule has 44 heteroatoms. The summed E-state index contributed by atoms with van der Waals surface area (Å²) in [6.45, 7) is 27.4. The predicted octanol–water partition coefficient (Wildman–Crippen LogP) is 8.88. The topological polar surface area (TPSA) is 532 Å². The number of carbonyl (C=O) groups excluding carboxylic acids is 6. The maximum Gasteiger partial charge on any atom is 0.472 e. The van der Waals surface area contributed by atoms with Crippen LogP contribution in [0, 0.1) is 0 Å². The van der Waals surface area contributed by atoms with Crippen LogP contribution in [-0.4, -0.2) is 315 Å². The van der Waals surface area contributed by atoms with Crippen molar-refractivity contribution in [2.24, 2.45) is 0 Å². The number of unbranched alkanes of at least 4 members (excludes halogenated alkanes) is 2. The first kappa shape index (κ1) is 123. The Morgan fingerprint density at radius 1 is 0.442 bits per heavy atom. The van der Waals surface area contributed by atoms with Crippen molar-refractivity contribution < 1.29 is 152 Å².